The Bertz CT molecular complexity index is 637. The van der Waals surface area contributed by atoms with E-state index in [0.717, 1.165) is 6.42 Å². The van der Waals surface area contributed by atoms with Crippen LogP contribution >= 0.6 is 0 Å². The van der Waals surface area contributed by atoms with Gasteiger partial charge in [0.25, 0.3) is 11.6 Å². The van der Waals surface area contributed by atoms with E-state index < -0.39 is 4.92 Å². The second kappa shape index (κ2) is 6.34. The van der Waals surface area contributed by atoms with Gasteiger partial charge in [-0.1, -0.05) is 25.1 Å². The zero-order valence-corrected chi connectivity index (χ0v) is 12.2. The van der Waals surface area contributed by atoms with Gasteiger partial charge in [0.1, 0.15) is 5.75 Å². The van der Waals surface area contributed by atoms with Crippen LogP contribution in [0.5, 0.6) is 5.75 Å². The molecule has 0 saturated carbocycles. The molecular formula is C14H17N3O4. The first-order chi connectivity index (χ1) is 9.97. The minimum atomic E-state index is -0.435. The molecule has 21 heavy (non-hydrogen) atoms. The van der Waals surface area contributed by atoms with Crippen molar-refractivity contribution in [3.05, 3.63) is 45.6 Å². The normalized spacial score (nSPS) is 10.9. The number of nitrogens with zero attached hydrogens (tertiary/aromatic N) is 3. The van der Waals surface area contributed by atoms with Crippen LogP contribution in [-0.2, 0) is 13.0 Å². The maximum atomic E-state index is 10.9. The van der Waals surface area contributed by atoms with E-state index in [1.54, 1.807) is 19.1 Å². The molecule has 0 fully saturated rings. The highest BCUT2D eigenvalue weighted by Gasteiger charge is 2.15. The SMILES string of the molecule is Cc1c(OCc2nc(CC(C)C)no2)cccc1[N+](=O)[O-]. The van der Waals surface area contributed by atoms with E-state index in [2.05, 4.69) is 24.0 Å². The molecule has 2 aromatic rings. The second-order valence-electron chi connectivity index (χ2n) is 5.15. The van der Waals surface area contributed by atoms with Crippen LogP contribution in [0.15, 0.2) is 22.7 Å². The van der Waals surface area contributed by atoms with Gasteiger partial charge in [0, 0.05) is 12.5 Å². The summed E-state index contributed by atoms with van der Waals surface area (Å²) in [5, 5.41) is 14.7. The molecule has 0 atom stereocenters. The Morgan fingerprint density at radius 3 is 2.86 bits per heavy atom. The van der Waals surface area contributed by atoms with Gasteiger partial charge in [-0.25, -0.2) is 0 Å². The van der Waals surface area contributed by atoms with Gasteiger partial charge in [0.2, 0.25) is 0 Å². The number of hydrogen-bond donors (Lipinski definition) is 0. The summed E-state index contributed by atoms with van der Waals surface area (Å²) >= 11 is 0. The van der Waals surface area contributed by atoms with Crippen molar-refractivity contribution >= 4 is 5.69 Å². The fourth-order valence-corrected chi connectivity index (χ4v) is 1.89. The van der Waals surface area contributed by atoms with Crippen LogP contribution in [0.3, 0.4) is 0 Å². The van der Waals surface area contributed by atoms with Crippen molar-refractivity contribution < 1.29 is 14.2 Å². The molecule has 0 N–H and O–H groups in total. The van der Waals surface area contributed by atoms with Crippen LogP contribution in [0.1, 0.15) is 31.1 Å². The number of rotatable bonds is 6. The molecule has 112 valence electrons. The molecule has 0 aliphatic carbocycles. The third kappa shape index (κ3) is 3.77. The van der Waals surface area contributed by atoms with E-state index in [9.17, 15) is 10.1 Å². The van der Waals surface area contributed by atoms with Crippen LogP contribution in [0.2, 0.25) is 0 Å². The first-order valence-electron chi connectivity index (χ1n) is 6.65. The highest BCUT2D eigenvalue weighted by atomic mass is 16.6. The highest BCUT2D eigenvalue weighted by Crippen LogP contribution is 2.27. The van der Waals surface area contributed by atoms with E-state index in [0.29, 0.717) is 28.9 Å². The van der Waals surface area contributed by atoms with Crippen molar-refractivity contribution in [2.24, 2.45) is 5.92 Å². The molecule has 0 amide bonds. The summed E-state index contributed by atoms with van der Waals surface area (Å²) in [6, 6.07) is 4.70. The lowest BCUT2D eigenvalue weighted by Gasteiger charge is -2.06. The smallest absolute Gasteiger partial charge is 0.276 e. The minimum Gasteiger partial charge on any atom is -0.483 e. The van der Waals surface area contributed by atoms with Gasteiger partial charge < -0.3 is 9.26 Å². The second-order valence-corrected chi connectivity index (χ2v) is 5.15. The first-order valence-corrected chi connectivity index (χ1v) is 6.65. The minimum absolute atomic E-state index is 0.0264. The molecule has 0 spiro atoms. The van der Waals surface area contributed by atoms with Crippen molar-refractivity contribution in [2.75, 3.05) is 0 Å². The molecular weight excluding hydrogens is 274 g/mol. The maximum Gasteiger partial charge on any atom is 0.276 e. The fourth-order valence-electron chi connectivity index (χ4n) is 1.89. The van der Waals surface area contributed by atoms with Gasteiger partial charge in [-0.05, 0) is 18.9 Å². The van der Waals surface area contributed by atoms with Crippen LogP contribution in [-0.4, -0.2) is 15.1 Å². The predicted molar refractivity (Wildman–Crippen MR) is 75.0 cm³/mol. The van der Waals surface area contributed by atoms with E-state index in [1.807, 2.05) is 0 Å². The van der Waals surface area contributed by atoms with Gasteiger partial charge in [-0.3, -0.25) is 10.1 Å². The molecule has 0 saturated heterocycles. The highest BCUT2D eigenvalue weighted by molar-refractivity contribution is 5.48. The lowest BCUT2D eigenvalue weighted by Crippen LogP contribution is -2.00. The molecule has 0 bridgehead atoms. The van der Waals surface area contributed by atoms with Gasteiger partial charge in [-0.2, -0.15) is 4.98 Å². The average molecular weight is 291 g/mol. The topological polar surface area (TPSA) is 91.3 Å². The first kappa shape index (κ1) is 15.0. The molecule has 7 nitrogen and oxygen atoms in total. The molecule has 0 unspecified atom stereocenters. The molecule has 1 aromatic carbocycles. The van der Waals surface area contributed by atoms with E-state index >= 15 is 0 Å². The maximum absolute atomic E-state index is 10.9. The number of benzene rings is 1. The molecule has 0 aliphatic rings. The lowest BCUT2D eigenvalue weighted by molar-refractivity contribution is -0.385. The fraction of sp³-hybridized carbons (Fsp3) is 0.429. The molecule has 7 heteroatoms. The Morgan fingerprint density at radius 1 is 1.43 bits per heavy atom. The number of ether oxygens (including phenoxy) is 1. The largest absolute Gasteiger partial charge is 0.483 e. The summed E-state index contributed by atoms with van der Waals surface area (Å²) in [5.74, 6) is 1.87. The van der Waals surface area contributed by atoms with E-state index in [-0.39, 0.29) is 12.3 Å². The number of hydrogen-bond acceptors (Lipinski definition) is 6. The van der Waals surface area contributed by atoms with Crippen LogP contribution in [0.4, 0.5) is 5.69 Å². The lowest BCUT2D eigenvalue weighted by atomic mass is 10.1. The Morgan fingerprint density at radius 2 is 2.19 bits per heavy atom. The zero-order chi connectivity index (χ0) is 15.4. The average Bonchev–Trinajstić information content (AvgIpc) is 2.84. The molecule has 1 aromatic heterocycles. The van der Waals surface area contributed by atoms with E-state index in [1.165, 1.54) is 6.07 Å². The van der Waals surface area contributed by atoms with Crippen molar-refractivity contribution in [3.8, 4) is 5.75 Å². The Kier molecular flexibility index (Phi) is 4.52. The summed E-state index contributed by atoms with van der Waals surface area (Å²) in [5.41, 5.74) is 0.503. The standard InChI is InChI=1S/C14H17N3O4/c1-9(2)7-13-15-14(21-16-13)8-20-12-6-4-5-11(10(12)3)17(18)19/h4-6,9H,7-8H2,1-3H3. The van der Waals surface area contributed by atoms with Gasteiger partial charge in [-0.15, -0.1) is 0 Å². The quantitative estimate of drug-likeness (QED) is 0.600. The Balaban J connectivity index is 2.05. The Labute approximate surface area is 122 Å². The molecule has 1 heterocycles. The third-order valence-corrected chi connectivity index (χ3v) is 2.90. The van der Waals surface area contributed by atoms with Crippen molar-refractivity contribution in [1.82, 2.24) is 10.1 Å². The van der Waals surface area contributed by atoms with Crippen LogP contribution < -0.4 is 4.74 Å². The summed E-state index contributed by atoms with van der Waals surface area (Å²) in [4.78, 5) is 14.6. The summed E-state index contributed by atoms with van der Waals surface area (Å²) < 4.78 is 10.6. The molecule has 0 radical (unpaired) electrons. The molecule has 2 rings (SSSR count). The van der Waals surface area contributed by atoms with Crippen LogP contribution in [0.25, 0.3) is 0 Å². The van der Waals surface area contributed by atoms with E-state index in [4.69, 9.17) is 9.26 Å². The van der Waals surface area contributed by atoms with Gasteiger partial charge >= 0.3 is 0 Å². The number of aromatic nitrogens is 2. The number of nitro groups is 1. The van der Waals surface area contributed by atoms with Gasteiger partial charge in [0.05, 0.1) is 10.5 Å². The Hall–Kier alpha value is -2.44. The zero-order valence-electron chi connectivity index (χ0n) is 12.2. The molecule has 0 aliphatic heterocycles. The third-order valence-electron chi connectivity index (χ3n) is 2.90. The van der Waals surface area contributed by atoms with Crippen LogP contribution in [0, 0.1) is 23.0 Å². The summed E-state index contributed by atoms with van der Waals surface area (Å²) in [7, 11) is 0. The predicted octanol–water partition coefficient (Wildman–Crippen LogP) is 3.06. The summed E-state index contributed by atoms with van der Waals surface area (Å²) in [6.07, 6.45) is 0.735. The van der Waals surface area contributed by atoms with Crippen molar-refractivity contribution in [1.29, 1.82) is 0 Å². The van der Waals surface area contributed by atoms with Gasteiger partial charge in [0.15, 0.2) is 12.4 Å². The van der Waals surface area contributed by atoms with Crippen molar-refractivity contribution in [2.45, 2.75) is 33.8 Å². The van der Waals surface area contributed by atoms with Crippen molar-refractivity contribution in [3.63, 3.8) is 0 Å². The summed E-state index contributed by atoms with van der Waals surface area (Å²) in [6.45, 7) is 5.87. The number of nitro benzene ring substituents is 1. The monoisotopic (exact) mass is 291 g/mol.